The van der Waals surface area contributed by atoms with Crippen LogP contribution in [-0.4, -0.2) is 38.7 Å². The zero-order chi connectivity index (χ0) is 21.5. The van der Waals surface area contributed by atoms with E-state index >= 15 is 0 Å². The van der Waals surface area contributed by atoms with Crippen LogP contribution in [0.4, 0.5) is 5.69 Å². The fraction of sp³-hybridized carbons (Fsp3) is 0.238. The molecule has 1 aromatic carbocycles. The van der Waals surface area contributed by atoms with Crippen molar-refractivity contribution in [3.63, 3.8) is 0 Å². The number of unbranched alkanes of at least 4 members (excludes halogenated alkanes) is 2. The Kier molecular flexibility index (Phi) is 7.78. The molecular formula is C21H20N2O4S3. The number of thiophene rings is 1. The first-order chi connectivity index (χ1) is 14.4. The summed E-state index contributed by atoms with van der Waals surface area (Å²) in [5.74, 6) is -1.26. The SMILES string of the molecule is O=C(CCCCCN1C(=O)/C(=C\c2cccs2)SC1=S)Nc1cccc(C(=O)O)c1. The van der Waals surface area contributed by atoms with E-state index in [0.29, 0.717) is 34.3 Å². The monoisotopic (exact) mass is 460 g/mol. The topological polar surface area (TPSA) is 86.7 Å². The number of thiocarbonyl (C=S) groups is 1. The lowest BCUT2D eigenvalue weighted by Crippen LogP contribution is -2.29. The second kappa shape index (κ2) is 10.5. The number of amides is 2. The van der Waals surface area contributed by atoms with Crippen LogP contribution in [0.5, 0.6) is 0 Å². The number of hydrogen-bond donors (Lipinski definition) is 2. The molecule has 0 atom stereocenters. The Balaban J connectivity index is 1.39. The average molecular weight is 461 g/mol. The largest absolute Gasteiger partial charge is 0.478 e. The summed E-state index contributed by atoms with van der Waals surface area (Å²) >= 11 is 8.23. The first kappa shape index (κ1) is 22.2. The molecule has 1 aromatic heterocycles. The molecule has 0 unspecified atom stereocenters. The van der Waals surface area contributed by atoms with Gasteiger partial charge in [-0.3, -0.25) is 14.5 Å². The highest BCUT2D eigenvalue weighted by Crippen LogP contribution is 2.33. The highest BCUT2D eigenvalue weighted by Gasteiger charge is 2.31. The van der Waals surface area contributed by atoms with Gasteiger partial charge in [0.25, 0.3) is 5.91 Å². The van der Waals surface area contributed by atoms with Gasteiger partial charge in [0.1, 0.15) is 4.32 Å². The van der Waals surface area contributed by atoms with Crippen molar-refractivity contribution in [1.29, 1.82) is 0 Å². The van der Waals surface area contributed by atoms with Crippen LogP contribution in [-0.2, 0) is 9.59 Å². The number of carboxylic acid groups (broad SMARTS) is 1. The second-order valence-electron chi connectivity index (χ2n) is 6.59. The number of hydrogen-bond acceptors (Lipinski definition) is 6. The molecule has 3 rings (SSSR count). The molecule has 1 saturated heterocycles. The normalized spacial score (nSPS) is 15.1. The maximum Gasteiger partial charge on any atom is 0.335 e. The Morgan fingerprint density at radius 1 is 1.17 bits per heavy atom. The lowest BCUT2D eigenvalue weighted by atomic mass is 10.1. The van der Waals surface area contributed by atoms with E-state index in [9.17, 15) is 14.4 Å². The Morgan fingerprint density at radius 2 is 2.00 bits per heavy atom. The van der Waals surface area contributed by atoms with E-state index in [1.165, 1.54) is 23.9 Å². The number of aromatic carboxylic acids is 1. The Morgan fingerprint density at radius 3 is 2.73 bits per heavy atom. The summed E-state index contributed by atoms with van der Waals surface area (Å²) in [5, 5.41) is 13.7. The molecule has 6 nitrogen and oxygen atoms in total. The minimum atomic E-state index is -1.04. The number of nitrogens with zero attached hydrogens (tertiary/aromatic N) is 1. The molecule has 156 valence electrons. The van der Waals surface area contributed by atoms with Gasteiger partial charge in [0.05, 0.1) is 10.5 Å². The van der Waals surface area contributed by atoms with E-state index in [1.54, 1.807) is 28.4 Å². The maximum atomic E-state index is 12.5. The molecule has 0 aliphatic carbocycles. The molecule has 2 N–H and O–H groups in total. The van der Waals surface area contributed by atoms with Crippen LogP contribution in [0.1, 0.15) is 40.9 Å². The van der Waals surface area contributed by atoms with Crippen LogP contribution in [0.25, 0.3) is 6.08 Å². The molecule has 0 bridgehead atoms. The number of carbonyl (C=O) groups excluding carboxylic acids is 2. The van der Waals surface area contributed by atoms with Crippen LogP contribution >= 0.6 is 35.3 Å². The minimum Gasteiger partial charge on any atom is -0.478 e. The van der Waals surface area contributed by atoms with E-state index < -0.39 is 5.97 Å². The molecular weight excluding hydrogens is 440 g/mol. The van der Waals surface area contributed by atoms with Gasteiger partial charge in [0.2, 0.25) is 5.91 Å². The van der Waals surface area contributed by atoms with Gasteiger partial charge in [0.15, 0.2) is 0 Å². The van der Waals surface area contributed by atoms with Crippen LogP contribution in [0, 0.1) is 0 Å². The number of nitrogens with one attached hydrogen (secondary N) is 1. The van der Waals surface area contributed by atoms with Gasteiger partial charge in [-0.25, -0.2) is 4.79 Å². The summed E-state index contributed by atoms with van der Waals surface area (Å²) in [5.41, 5.74) is 0.597. The van der Waals surface area contributed by atoms with Crippen molar-refractivity contribution in [2.75, 3.05) is 11.9 Å². The van der Waals surface area contributed by atoms with Crippen LogP contribution < -0.4 is 5.32 Å². The van der Waals surface area contributed by atoms with E-state index in [4.69, 9.17) is 17.3 Å². The molecule has 1 aliphatic heterocycles. The Labute approximate surface area is 188 Å². The summed E-state index contributed by atoms with van der Waals surface area (Å²) in [6.45, 7) is 0.536. The third kappa shape index (κ3) is 6.01. The quantitative estimate of drug-likeness (QED) is 0.316. The number of benzene rings is 1. The number of rotatable bonds is 9. The van der Waals surface area contributed by atoms with Crippen molar-refractivity contribution < 1.29 is 19.5 Å². The summed E-state index contributed by atoms with van der Waals surface area (Å²) in [6.07, 6.45) is 4.40. The highest BCUT2D eigenvalue weighted by atomic mass is 32.2. The van der Waals surface area contributed by atoms with Crippen molar-refractivity contribution in [2.24, 2.45) is 0 Å². The minimum absolute atomic E-state index is 0.0607. The van der Waals surface area contributed by atoms with E-state index in [2.05, 4.69) is 5.32 Å². The fourth-order valence-electron chi connectivity index (χ4n) is 2.88. The standard InChI is InChI=1S/C21H20N2O4S3/c24-18(22-15-7-4-6-14(12-15)20(26)27)9-2-1-3-10-23-19(25)17(30-21(23)28)13-16-8-5-11-29-16/h4-8,11-13H,1-3,9-10H2,(H,22,24)(H,26,27)/b17-13+. The molecule has 2 aromatic rings. The van der Waals surface area contributed by atoms with Crippen LogP contribution in [0.15, 0.2) is 46.7 Å². The Hall–Kier alpha value is -2.49. The van der Waals surface area contributed by atoms with Crippen molar-refractivity contribution in [1.82, 2.24) is 4.90 Å². The molecule has 9 heteroatoms. The van der Waals surface area contributed by atoms with E-state index in [0.717, 1.165) is 17.7 Å². The molecule has 30 heavy (non-hydrogen) atoms. The molecule has 0 radical (unpaired) electrons. The second-order valence-corrected chi connectivity index (χ2v) is 9.25. The fourth-order valence-corrected chi connectivity index (χ4v) is 4.91. The summed E-state index contributed by atoms with van der Waals surface area (Å²) in [4.78, 5) is 38.9. The number of thioether (sulfide) groups is 1. The third-order valence-corrected chi connectivity index (χ3v) is 6.57. The number of carbonyl (C=O) groups is 3. The van der Waals surface area contributed by atoms with Crippen molar-refractivity contribution >= 4 is 69.2 Å². The molecule has 2 amide bonds. The van der Waals surface area contributed by atoms with Crippen molar-refractivity contribution in [2.45, 2.75) is 25.7 Å². The molecule has 0 spiro atoms. The number of carboxylic acids is 1. The summed E-state index contributed by atoms with van der Waals surface area (Å²) < 4.78 is 0.568. The highest BCUT2D eigenvalue weighted by molar-refractivity contribution is 8.26. The summed E-state index contributed by atoms with van der Waals surface area (Å²) in [7, 11) is 0. The first-order valence-corrected chi connectivity index (χ1v) is 11.5. The predicted molar refractivity (Wildman–Crippen MR) is 125 cm³/mol. The van der Waals surface area contributed by atoms with Gasteiger partial charge in [-0.1, -0.05) is 42.5 Å². The Bertz CT molecular complexity index is 986. The third-order valence-electron chi connectivity index (χ3n) is 4.37. The number of anilines is 1. The predicted octanol–water partition coefficient (Wildman–Crippen LogP) is 4.85. The van der Waals surface area contributed by atoms with Crippen molar-refractivity contribution in [3.8, 4) is 0 Å². The van der Waals surface area contributed by atoms with Crippen LogP contribution in [0.3, 0.4) is 0 Å². The smallest absolute Gasteiger partial charge is 0.335 e. The van der Waals surface area contributed by atoms with Crippen molar-refractivity contribution in [3.05, 3.63) is 57.1 Å². The molecule has 0 saturated carbocycles. The van der Waals surface area contributed by atoms with Gasteiger partial charge in [0, 0.05) is 23.5 Å². The van der Waals surface area contributed by atoms with Gasteiger partial charge in [-0.2, -0.15) is 0 Å². The van der Waals surface area contributed by atoms with Gasteiger partial charge in [-0.05, 0) is 48.6 Å². The first-order valence-electron chi connectivity index (χ1n) is 9.36. The van der Waals surface area contributed by atoms with Crippen LogP contribution in [0.2, 0.25) is 0 Å². The zero-order valence-electron chi connectivity index (χ0n) is 16.0. The average Bonchev–Trinajstić information content (AvgIpc) is 3.31. The van der Waals surface area contributed by atoms with Gasteiger partial charge >= 0.3 is 5.97 Å². The molecule has 1 aliphatic rings. The summed E-state index contributed by atoms with van der Waals surface area (Å²) in [6, 6.07) is 10.0. The lowest BCUT2D eigenvalue weighted by Gasteiger charge is -2.14. The van der Waals surface area contributed by atoms with Gasteiger partial charge < -0.3 is 10.4 Å². The molecule has 1 fully saturated rings. The zero-order valence-corrected chi connectivity index (χ0v) is 18.4. The lowest BCUT2D eigenvalue weighted by molar-refractivity contribution is -0.122. The molecule has 2 heterocycles. The maximum absolute atomic E-state index is 12.5. The van der Waals surface area contributed by atoms with Gasteiger partial charge in [-0.15, -0.1) is 11.3 Å². The van der Waals surface area contributed by atoms with E-state index in [-0.39, 0.29) is 17.4 Å². The van der Waals surface area contributed by atoms with E-state index in [1.807, 2.05) is 23.6 Å².